The third-order valence-corrected chi connectivity index (χ3v) is 6.83. The number of rotatable bonds is 4. The van der Waals surface area contributed by atoms with Crippen LogP contribution in [-0.4, -0.2) is 35.4 Å². The monoisotopic (exact) mass is 436 g/mol. The van der Waals surface area contributed by atoms with Crippen LogP contribution in [0.3, 0.4) is 0 Å². The molecular formula is C21H23F3N4OS. The molecule has 4 rings (SSSR count). The Bertz CT molecular complexity index is 965. The number of nitrogens with one attached hydrogen (secondary N) is 1. The number of aromatic nitrogens is 2. The van der Waals surface area contributed by atoms with Crippen LogP contribution < -0.4 is 10.2 Å². The summed E-state index contributed by atoms with van der Waals surface area (Å²) in [6.45, 7) is 2.63. The Kier molecular flexibility index (Phi) is 5.42. The molecule has 1 saturated carbocycles. The first-order valence-electron chi connectivity index (χ1n) is 9.87. The topological polar surface area (TPSA) is 58.1 Å². The van der Waals surface area contributed by atoms with E-state index in [1.165, 1.54) is 31.5 Å². The zero-order valence-corrected chi connectivity index (χ0v) is 17.7. The highest BCUT2D eigenvalue weighted by atomic mass is 32.2. The number of amides is 1. The Labute approximate surface area is 177 Å². The molecule has 0 bridgehead atoms. The minimum Gasteiger partial charge on any atom is -0.354 e. The van der Waals surface area contributed by atoms with Crippen molar-refractivity contribution in [3.05, 3.63) is 41.1 Å². The van der Waals surface area contributed by atoms with Gasteiger partial charge in [-0.1, -0.05) is 6.07 Å². The van der Waals surface area contributed by atoms with Gasteiger partial charge in [-0.15, -0.1) is 22.0 Å². The van der Waals surface area contributed by atoms with Crippen molar-refractivity contribution in [3.63, 3.8) is 0 Å². The first-order chi connectivity index (χ1) is 14.2. The molecule has 1 saturated heterocycles. The molecule has 2 fully saturated rings. The summed E-state index contributed by atoms with van der Waals surface area (Å²) in [7, 11) is 0. The molecule has 1 aromatic heterocycles. The lowest BCUT2D eigenvalue weighted by Gasteiger charge is -2.34. The van der Waals surface area contributed by atoms with Crippen LogP contribution in [-0.2, 0) is 6.18 Å². The van der Waals surface area contributed by atoms with Gasteiger partial charge in [0.1, 0.15) is 0 Å². The molecule has 1 N–H and O–H groups in total. The van der Waals surface area contributed by atoms with Crippen LogP contribution in [0.25, 0.3) is 0 Å². The number of alkyl halides is 3. The Morgan fingerprint density at radius 3 is 2.47 bits per heavy atom. The second-order valence-electron chi connectivity index (χ2n) is 8.04. The largest absolute Gasteiger partial charge is 0.435 e. The first-order valence-corrected chi connectivity index (χ1v) is 11.1. The lowest BCUT2D eigenvalue weighted by Crippen LogP contribution is -2.37. The highest BCUT2D eigenvalue weighted by molar-refractivity contribution is 7.98. The summed E-state index contributed by atoms with van der Waals surface area (Å²) in [4.78, 5) is 16.0. The third-order valence-electron chi connectivity index (χ3n) is 6.10. The quantitative estimate of drug-likeness (QED) is 0.671. The molecule has 1 spiro atoms. The molecule has 2 heterocycles. The van der Waals surface area contributed by atoms with Crippen LogP contribution in [0.2, 0.25) is 0 Å². The summed E-state index contributed by atoms with van der Waals surface area (Å²) in [5, 5.41) is 10.1. The van der Waals surface area contributed by atoms with E-state index in [-0.39, 0.29) is 16.9 Å². The molecule has 1 amide bonds. The molecule has 2 aromatic rings. The molecule has 5 nitrogen and oxygen atoms in total. The Hall–Kier alpha value is -2.29. The van der Waals surface area contributed by atoms with E-state index in [2.05, 4.69) is 15.5 Å². The van der Waals surface area contributed by atoms with Crippen molar-refractivity contribution in [3.8, 4) is 0 Å². The van der Waals surface area contributed by atoms with Crippen molar-refractivity contribution in [2.75, 3.05) is 29.6 Å². The maximum absolute atomic E-state index is 13.5. The van der Waals surface area contributed by atoms with Gasteiger partial charge in [-0.25, -0.2) is 0 Å². The average molecular weight is 437 g/mol. The van der Waals surface area contributed by atoms with E-state index in [1.54, 1.807) is 18.2 Å². The van der Waals surface area contributed by atoms with Crippen molar-refractivity contribution >= 4 is 29.2 Å². The van der Waals surface area contributed by atoms with Gasteiger partial charge in [-0.2, -0.15) is 13.2 Å². The van der Waals surface area contributed by atoms with E-state index >= 15 is 0 Å². The van der Waals surface area contributed by atoms with Gasteiger partial charge in [0.2, 0.25) is 0 Å². The van der Waals surface area contributed by atoms with E-state index in [1.807, 2.05) is 17.2 Å². The number of piperidine rings is 1. The van der Waals surface area contributed by atoms with Gasteiger partial charge >= 0.3 is 6.18 Å². The molecule has 160 valence electrons. The van der Waals surface area contributed by atoms with Crippen LogP contribution in [0.5, 0.6) is 0 Å². The summed E-state index contributed by atoms with van der Waals surface area (Å²) in [5.41, 5.74) is -0.453. The molecule has 9 heteroatoms. The zero-order valence-electron chi connectivity index (χ0n) is 16.8. The average Bonchev–Trinajstić information content (AvgIpc) is 3.46. The molecule has 30 heavy (non-hydrogen) atoms. The first kappa shape index (κ1) is 21.0. The van der Waals surface area contributed by atoms with Crippen LogP contribution in [0.15, 0.2) is 29.2 Å². The van der Waals surface area contributed by atoms with E-state index in [4.69, 9.17) is 0 Å². The maximum Gasteiger partial charge on any atom is 0.435 e. The minimum atomic E-state index is -4.68. The number of carbonyl (C=O) groups is 1. The van der Waals surface area contributed by atoms with Crippen molar-refractivity contribution in [1.29, 1.82) is 0 Å². The zero-order chi connectivity index (χ0) is 21.5. The van der Waals surface area contributed by atoms with Crippen molar-refractivity contribution < 1.29 is 18.0 Å². The number of nitrogens with zero attached hydrogens (tertiary/aromatic N) is 3. The van der Waals surface area contributed by atoms with Gasteiger partial charge in [0.05, 0.1) is 5.56 Å². The highest BCUT2D eigenvalue weighted by Crippen LogP contribution is 2.54. The second kappa shape index (κ2) is 7.76. The summed E-state index contributed by atoms with van der Waals surface area (Å²) in [6.07, 6.45) is 1.57. The molecular weight excluding hydrogens is 413 g/mol. The fourth-order valence-corrected chi connectivity index (χ4v) is 4.49. The van der Waals surface area contributed by atoms with Crippen molar-refractivity contribution in [2.45, 2.75) is 43.7 Å². The molecule has 2 aliphatic rings. The maximum atomic E-state index is 13.5. The molecule has 1 aromatic carbocycles. The number of hydrogen-bond donors (Lipinski definition) is 1. The molecule has 1 aliphatic heterocycles. The van der Waals surface area contributed by atoms with Crippen LogP contribution in [0.1, 0.15) is 47.3 Å². The summed E-state index contributed by atoms with van der Waals surface area (Å²) in [6, 6.07) is 7.19. The Balaban J connectivity index is 1.69. The second-order valence-corrected chi connectivity index (χ2v) is 8.92. The lowest BCUT2D eigenvalue weighted by atomic mass is 9.93. The van der Waals surface area contributed by atoms with Gasteiger partial charge in [-0.05, 0) is 68.0 Å². The molecule has 0 radical (unpaired) electrons. The predicted molar refractivity (Wildman–Crippen MR) is 111 cm³/mol. The van der Waals surface area contributed by atoms with Crippen molar-refractivity contribution in [1.82, 2.24) is 10.2 Å². The minimum absolute atomic E-state index is 0.0568. The van der Waals surface area contributed by atoms with E-state index in [0.29, 0.717) is 24.2 Å². The number of anilines is 2. The standard InChI is InChI=1S/C21H23F3N4OS/c1-13-16(19(29)25-14-4-3-5-15(12-14)30-2)18(27-26-17(13)21(22,23)24)28-10-8-20(6-7-20)9-11-28/h3-5,12H,6-11H2,1-2H3,(H,25,29). The smallest absolute Gasteiger partial charge is 0.354 e. The van der Waals surface area contributed by atoms with Gasteiger partial charge in [0.15, 0.2) is 11.5 Å². The summed E-state index contributed by atoms with van der Waals surface area (Å²) in [5.74, 6) is -0.373. The number of benzene rings is 1. The van der Waals surface area contributed by atoms with Crippen LogP contribution >= 0.6 is 11.8 Å². The fraction of sp³-hybridized carbons (Fsp3) is 0.476. The van der Waals surface area contributed by atoms with E-state index in [9.17, 15) is 18.0 Å². The van der Waals surface area contributed by atoms with Crippen LogP contribution in [0.4, 0.5) is 24.7 Å². The van der Waals surface area contributed by atoms with Crippen LogP contribution in [0, 0.1) is 12.3 Å². The lowest BCUT2D eigenvalue weighted by molar-refractivity contribution is -0.142. The molecule has 1 aliphatic carbocycles. The number of thioether (sulfide) groups is 1. The SMILES string of the molecule is CSc1cccc(NC(=O)c2c(N3CCC4(CC3)CC4)nnc(C(F)(F)F)c2C)c1. The molecule has 0 unspecified atom stereocenters. The summed E-state index contributed by atoms with van der Waals surface area (Å²) < 4.78 is 40.4. The normalized spacial score (nSPS) is 17.8. The number of hydrogen-bond acceptors (Lipinski definition) is 5. The summed E-state index contributed by atoms with van der Waals surface area (Å²) >= 11 is 1.52. The Morgan fingerprint density at radius 1 is 1.17 bits per heavy atom. The predicted octanol–water partition coefficient (Wildman–Crippen LogP) is 5.16. The Morgan fingerprint density at radius 2 is 1.87 bits per heavy atom. The fourth-order valence-electron chi connectivity index (χ4n) is 4.04. The molecule has 0 atom stereocenters. The number of carbonyl (C=O) groups excluding carboxylic acids is 1. The van der Waals surface area contributed by atoms with Gasteiger partial charge < -0.3 is 10.2 Å². The highest BCUT2D eigenvalue weighted by Gasteiger charge is 2.45. The van der Waals surface area contributed by atoms with Gasteiger partial charge in [-0.3, -0.25) is 4.79 Å². The van der Waals surface area contributed by atoms with E-state index in [0.717, 1.165) is 17.7 Å². The van der Waals surface area contributed by atoms with E-state index < -0.39 is 17.8 Å². The van der Waals surface area contributed by atoms with Gasteiger partial charge in [0.25, 0.3) is 5.91 Å². The number of halogens is 3. The van der Waals surface area contributed by atoms with Gasteiger partial charge in [0, 0.05) is 23.7 Å². The third kappa shape index (κ3) is 4.12. The van der Waals surface area contributed by atoms with Crippen molar-refractivity contribution in [2.24, 2.45) is 5.41 Å².